The monoisotopic (exact) mass is 835 g/mol. The van der Waals surface area contributed by atoms with Crippen molar-refractivity contribution in [3.05, 3.63) is 71.6 Å². The summed E-state index contributed by atoms with van der Waals surface area (Å²) in [6.45, 7) is 8.93. The lowest BCUT2D eigenvalue weighted by Gasteiger charge is -2.49. The molecule has 2 atom stereocenters. The summed E-state index contributed by atoms with van der Waals surface area (Å²) in [6.07, 6.45) is 3.91. The van der Waals surface area contributed by atoms with Crippen molar-refractivity contribution in [2.75, 3.05) is 45.4 Å². The molecule has 0 saturated carbocycles. The molecule has 5 heterocycles. The van der Waals surface area contributed by atoms with Gasteiger partial charge in [-0.25, -0.2) is 14.2 Å². The molecule has 4 aromatic rings. The quantitative estimate of drug-likeness (QED) is 0.0549. The number of rotatable bonds is 16. The standard InChI is InChI=1S/C38H46N10O8S2/c1-8-55-43-27(30-41-36(58-44-30)42-37(52)56-38(2,3)4)32(49)40-28-33(50)48-29(35(51)54-20-23-12-14-25(53-7)15-13-23)24(21-57-34(28)48)19-46-17-9-11-26-31(46)39-22-47(26)18-10-16-45(5)6/h9,11-15,17,22,28,34H,8,10,16,18-21H2,1-7H3,(H-,40,41,42,44,49,52)/p+1/b43-27-. The molecule has 308 valence electrons. The Bertz CT molecular complexity index is 2210. The van der Waals surface area contributed by atoms with Crippen molar-refractivity contribution in [3.8, 4) is 5.75 Å². The fourth-order valence-corrected chi connectivity index (χ4v) is 8.06. The van der Waals surface area contributed by atoms with E-state index in [-0.39, 0.29) is 42.1 Å². The molecule has 58 heavy (non-hydrogen) atoms. The number of imidazole rings is 1. The minimum atomic E-state index is -1.03. The Labute approximate surface area is 343 Å². The average Bonchev–Trinajstić information content (AvgIpc) is 3.82. The highest BCUT2D eigenvalue weighted by atomic mass is 32.2. The number of thioether (sulfide) groups is 1. The van der Waals surface area contributed by atoms with E-state index in [4.69, 9.17) is 24.0 Å². The van der Waals surface area contributed by atoms with E-state index in [2.05, 4.69) is 34.6 Å². The molecule has 0 radical (unpaired) electrons. The van der Waals surface area contributed by atoms with Crippen LogP contribution >= 0.6 is 23.3 Å². The van der Waals surface area contributed by atoms with Crippen molar-refractivity contribution in [1.29, 1.82) is 0 Å². The number of nitrogens with one attached hydrogen (secondary N) is 2. The summed E-state index contributed by atoms with van der Waals surface area (Å²) in [6, 6.07) is 10.0. The number of hydrogen-bond acceptors (Lipinski definition) is 15. The maximum atomic E-state index is 14.0. The largest absolute Gasteiger partial charge is 0.497 e. The predicted octanol–water partition coefficient (Wildman–Crippen LogP) is 3.32. The topological polar surface area (TPSA) is 196 Å². The van der Waals surface area contributed by atoms with Crippen molar-refractivity contribution in [1.82, 2.24) is 34.0 Å². The Hall–Kier alpha value is -5.60. The number of esters is 1. The van der Waals surface area contributed by atoms with Gasteiger partial charge in [-0.3, -0.25) is 19.8 Å². The van der Waals surface area contributed by atoms with E-state index in [1.807, 2.05) is 43.3 Å². The number of carbonyl (C=O) groups excluding carboxylic acids is 4. The summed E-state index contributed by atoms with van der Waals surface area (Å²) in [5.41, 5.74) is 2.14. The summed E-state index contributed by atoms with van der Waals surface area (Å²) in [7, 11) is 5.65. The smallest absolute Gasteiger partial charge is 0.414 e. The van der Waals surface area contributed by atoms with Crippen molar-refractivity contribution >= 4 is 69.2 Å². The van der Waals surface area contributed by atoms with Gasteiger partial charge in [-0.2, -0.15) is 9.36 Å². The van der Waals surface area contributed by atoms with E-state index in [0.717, 1.165) is 47.8 Å². The van der Waals surface area contributed by atoms with Crippen LogP contribution in [0.15, 0.2) is 65.3 Å². The van der Waals surface area contributed by atoms with Gasteiger partial charge in [0.25, 0.3) is 11.8 Å². The molecule has 0 aliphatic carbocycles. The van der Waals surface area contributed by atoms with Gasteiger partial charge in [0, 0.05) is 29.4 Å². The number of amides is 3. The van der Waals surface area contributed by atoms with Crippen LogP contribution < -0.4 is 19.9 Å². The van der Waals surface area contributed by atoms with Crippen LogP contribution in [0.3, 0.4) is 0 Å². The van der Waals surface area contributed by atoms with E-state index in [1.54, 1.807) is 59.1 Å². The van der Waals surface area contributed by atoms with Crippen molar-refractivity contribution in [2.45, 2.75) is 70.8 Å². The first-order valence-electron chi connectivity index (χ1n) is 18.6. The minimum absolute atomic E-state index is 0.0393. The third-order valence-electron chi connectivity index (χ3n) is 8.82. The number of methoxy groups -OCH3 is 1. The van der Waals surface area contributed by atoms with Gasteiger partial charge in [-0.15, -0.1) is 11.8 Å². The molecule has 2 N–H and O–H groups in total. The number of hydrogen-bond donors (Lipinski definition) is 2. The van der Waals surface area contributed by atoms with Gasteiger partial charge in [-0.05, 0) is 89.6 Å². The second kappa shape index (κ2) is 18.3. The van der Waals surface area contributed by atoms with E-state index < -0.39 is 40.9 Å². The second-order valence-corrected chi connectivity index (χ2v) is 16.4. The predicted molar refractivity (Wildman–Crippen MR) is 216 cm³/mol. The van der Waals surface area contributed by atoms with Gasteiger partial charge in [0.05, 0.1) is 13.3 Å². The van der Waals surface area contributed by atoms with Crippen molar-refractivity contribution < 1.29 is 42.8 Å². The van der Waals surface area contributed by atoms with Gasteiger partial charge in [0.1, 0.15) is 53.7 Å². The molecular weight excluding hydrogens is 789 g/mol. The Morgan fingerprint density at radius 3 is 2.62 bits per heavy atom. The van der Waals surface area contributed by atoms with Crippen LogP contribution in [0.5, 0.6) is 5.75 Å². The summed E-state index contributed by atoms with van der Waals surface area (Å²) in [4.78, 5) is 71.8. The molecule has 0 spiro atoms. The molecule has 3 aromatic heterocycles. The molecule has 1 aromatic carbocycles. The Morgan fingerprint density at radius 1 is 1.14 bits per heavy atom. The fraction of sp³-hybridized carbons (Fsp3) is 0.447. The number of aromatic nitrogens is 5. The average molecular weight is 836 g/mol. The summed E-state index contributed by atoms with van der Waals surface area (Å²) in [5.74, 6) is -1.08. The lowest BCUT2D eigenvalue weighted by molar-refractivity contribution is -0.664. The number of pyridine rings is 1. The Kier molecular flexibility index (Phi) is 13.3. The molecule has 2 aliphatic rings. The first kappa shape index (κ1) is 42.0. The number of anilines is 1. The molecule has 1 fully saturated rings. The van der Waals surface area contributed by atoms with E-state index in [0.29, 0.717) is 17.1 Å². The number of nitrogens with zero attached hydrogens (tertiary/aromatic N) is 8. The molecule has 2 aliphatic heterocycles. The number of aryl methyl sites for hydroxylation is 1. The molecule has 0 bridgehead atoms. The fourth-order valence-electron chi connectivity index (χ4n) is 6.17. The summed E-state index contributed by atoms with van der Waals surface area (Å²) >= 11 is 2.22. The maximum Gasteiger partial charge on any atom is 0.414 e. The molecule has 18 nitrogen and oxygen atoms in total. The third-order valence-corrected chi connectivity index (χ3v) is 10.8. The van der Waals surface area contributed by atoms with Crippen molar-refractivity contribution in [3.63, 3.8) is 0 Å². The highest BCUT2D eigenvalue weighted by Gasteiger charge is 2.55. The van der Waals surface area contributed by atoms with Crippen LogP contribution in [0.2, 0.25) is 0 Å². The van der Waals surface area contributed by atoms with Gasteiger partial charge in [-0.1, -0.05) is 17.3 Å². The number of fused-ring (bicyclic) bond motifs is 2. The zero-order valence-electron chi connectivity index (χ0n) is 33.4. The van der Waals surface area contributed by atoms with Crippen LogP contribution in [-0.2, 0) is 48.4 Å². The zero-order valence-corrected chi connectivity index (χ0v) is 35.0. The lowest BCUT2D eigenvalue weighted by Crippen LogP contribution is -2.71. The molecule has 3 amide bonds. The first-order valence-corrected chi connectivity index (χ1v) is 20.4. The van der Waals surface area contributed by atoms with Crippen LogP contribution in [-0.4, -0.2) is 115 Å². The normalized spacial score (nSPS) is 16.9. The molecule has 20 heteroatoms. The highest BCUT2D eigenvalue weighted by Crippen LogP contribution is 2.41. The van der Waals surface area contributed by atoms with Gasteiger partial charge >= 0.3 is 17.7 Å². The first-order chi connectivity index (χ1) is 27.8. The van der Waals surface area contributed by atoms with Gasteiger partial charge in [0.2, 0.25) is 23.0 Å². The summed E-state index contributed by atoms with van der Waals surface area (Å²) in [5, 5.41) is 8.59. The molecule has 6 rings (SSSR count). The van der Waals surface area contributed by atoms with Crippen LogP contribution in [0, 0.1) is 0 Å². The zero-order chi connectivity index (χ0) is 41.6. The number of benzene rings is 1. The number of ether oxygens (including phenoxy) is 3. The number of β-lactam (4-membered cyclic amide) rings is 1. The minimum Gasteiger partial charge on any atom is -0.497 e. The lowest BCUT2D eigenvalue weighted by atomic mass is 10.0. The SMILES string of the molecule is CCO/N=C(\C(=O)NC1C(=O)N2C(C(=O)OCc3ccc(OC)cc3)=C(C[n+]3cccc4c3ncn4CCCN(C)C)CSC12)c1nsc(NC(=O)OC(C)(C)C)n1. The van der Waals surface area contributed by atoms with Crippen molar-refractivity contribution in [2.24, 2.45) is 5.16 Å². The van der Waals surface area contributed by atoms with E-state index in [1.165, 1.54) is 16.7 Å². The Morgan fingerprint density at radius 2 is 1.91 bits per heavy atom. The van der Waals surface area contributed by atoms with Crippen LogP contribution in [0.4, 0.5) is 9.93 Å². The highest BCUT2D eigenvalue weighted by molar-refractivity contribution is 8.00. The second-order valence-electron chi connectivity index (χ2n) is 14.6. The molecule has 2 unspecified atom stereocenters. The molecule has 1 saturated heterocycles. The Balaban J connectivity index is 1.23. The van der Waals surface area contributed by atoms with Gasteiger partial charge < -0.3 is 33.8 Å². The van der Waals surface area contributed by atoms with Crippen LogP contribution in [0.1, 0.15) is 45.5 Å². The maximum absolute atomic E-state index is 14.0. The van der Waals surface area contributed by atoms with Crippen LogP contribution in [0.25, 0.3) is 11.2 Å². The van der Waals surface area contributed by atoms with Gasteiger partial charge in [0.15, 0.2) is 0 Å². The number of carbonyl (C=O) groups is 4. The third kappa shape index (κ3) is 9.91. The van der Waals surface area contributed by atoms with E-state index in [9.17, 15) is 19.2 Å². The number of oxime groups is 1. The summed E-state index contributed by atoms with van der Waals surface area (Å²) < 4.78 is 24.6. The van der Waals surface area contributed by atoms with E-state index >= 15 is 0 Å². The molecular formula is C38H47N10O8S2+.